The van der Waals surface area contributed by atoms with E-state index in [-0.39, 0.29) is 5.54 Å². The second-order valence-electron chi connectivity index (χ2n) is 5.78. The first kappa shape index (κ1) is 13.9. The first-order chi connectivity index (χ1) is 7.52. The van der Waals surface area contributed by atoms with Crippen molar-refractivity contribution in [2.45, 2.75) is 44.1 Å². The van der Waals surface area contributed by atoms with Crippen LogP contribution in [-0.4, -0.2) is 56.1 Å². The third-order valence-electron chi connectivity index (χ3n) is 3.77. The molecule has 0 unspecified atom stereocenters. The van der Waals surface area contributed by atoms with E-state index in [0.29, 0.717) is 0 Å². The number of likely N-dealkylation sites (N-methyl/N-ethyl adjacent to an activating group) is 2. The van der Waals surface area contributed by atoms with Gasteiger partial charge in [-0.2, -0.15) is 0 Å². The molecule has 1 fully saturated rings. The fourth-order valence-electron chi connectivity index (χ4n) is 2.40. The quantitative estimate of drug-likeness (QED) is 0.747. The highest BCUT2D eigenvalue weighted by Gasteiger charge is 2.26. The number of hydrogen-bond acceptors (Lipinski definition) is 3. The van der Waals surface area contributed by atoms with Gasteiger partial charge in [0, 0.05) is 18.6 Å². The molecule has 0 spiro atoms. The van der Waals surface area contributed by atoms with Crippen LogP contribution in [0.25, 0.3) is 0 Å². The first-order valence-electron chi connectivity index (χ1n) is 6.64. The Hall–Kier alpha value is -0.120. The van der Waals surface area contributed by atoms with Crippen molar-refractivity contribution in [3.8, 4) is 0 Å². The summed E-state index contributed by atoms with van der Waals surface area (Å²) in [6.45, 7) is 3.42. The zero-order chi connectivity index (χ0) is 12.0. The van der Waals surface area contributed by atoms with Crippen LogP contribution in [0.4, 0.5) is 0 Å². The molecule has 0 atom stereocenters. The maximum atomic E-state index is 6.43. The monoisotopic (exact) mass is 227 g/mol. The lowest BCUT2D eigenvalue weighted by molar-refractivity contribution is 0.219. The van der Waals surface area contributed by atoms with Gasteiger partial charge in [-0.3, -0.25) is 0 Å². The third-order valence-corrected chi connectivity index (χ3v) is 3.77. The van der Waals surface area contributed by atoms with Gasteiger partial charge in [0.15, 0.2) is 0 Å². The Bertz CT molecular complexity index is 186. The van der Waals surface area contributed by atoms with E-state index in [2.05, 4.69) is 30.9 Å². The van der Waals surface area contributed by atoms with Crippen LogP contribution in [0.3, 0.4) is 0 Å². The summed E-state index contributed by atoms with van der Waals surface area (Å²) in [5, 5.41) is 0. The van der Waals surface area contributed by atoms with Crippen molar-refractivity contribution in [3.63, 3.8) is 0 Å². The molecule has 1 saturated carbocycles. The van der Waals surface area contributed by atoms with Gasteiger partial charge >= 0.3 is 0 Å². The van der Waals surface area contributed by atoms with Crippen molar-refractivity contribution in [2.75, 3.05) is 40.8 Å². The van der Waals surface area contributed by atoms with Crippen molar-refractivity contribution < 1.29 is 0 Å². The summed E-state index contributed by atoms with van der Waals surface area (Å²) < 4.78 is 0. The zero-order valence-corrected chi connectivity index (χ0v) is 11.3. The van der Waals surface area contributed by atoms with Crippen LogP contribution >= 0.6 is 0 Å². The fourth-order valence-corrected chi connectivity index (χ4v) is 2.40. The Morgan fingerprint density at radius 2 is 1.56 bits per heavy atom. The van der Waals surface area contributed by atoms with Gasteiger partial charge in [0.2, 0.25) is 0 Å². The van der Waals surface area contributed by atoms with E-state index < -0.39 is 0 Å². The van der Waals surface area contributed by atoms with Crippen LogP contribution in [-0.2, 0) is 0 Å². The maximum Gasteiger partial charge on any atom is 0.0166 e. The van der Waals surface area contributed by atoms with Gasteiger partial charge in [-0.25, -0.2) is 0 Å². The van der Waals surface area contributed by atoms with Gasteiger partial charge in [0.25, 0.3) is 0 Å². The van der Waals surface area contributed by atoms with Crippen molar-refractivity contribution in [2.24, 2.45) is 5.73 Å². The molecule has 0 aromatic heterocycles. The van der Waals surface area contributed by atoms with Crippen LogP contribution in [0.2, 0.25) is 0 Å². The van der Waals surface area contributed by atoms with E-state index in [1.54, 1.807) is 0 Å². The van der Waals surface area contributed by atoms with Crippen LogP contribution in [0.5, 0.6) is 0 Å². The summed E-state index contributed by atoms with van der Waals surface area (Å²) >= 11 is 0. The minimum Gasteiger partial charge on any atom is -0.325 e. The molecule has 0 saturated heterocycles. The molecule has 1 aliphatic rings. The number of nitrogens with two attached hydrogens (primary N) is 1. The molecule has 0 amide bonds. The topological polar surface area (TPSA) is 32.5 Å². The molecular weight excluding hydrogens is 198 g/mol. The van der Waals surface area contributed by atoms with Gasteiger partial charge in [-0.05, 0) is 47.0 Å². The van der Waals surface area contributed by atoms with Gasteiger partial charge in [-0.1, -0.05) is 19.3 Å². The molecule has 0 aliphatic heterocycles. The third kappa shape index (κ3) is 5.28. The standard InChI is InChI=1S/C13H29N3/c1-15(2)11-12-16(3)10-9-13(14)7-5-4-6-8-13/h4-12,14H2,1-3H3. The minimum absolute atomic E-state index is 0.143. The number of nitrogens with zero attached hydrogens (tertiary/aromatic N) is 2. The molecule has 0 aromatic rings. The van der Waals surface area contributed by atoms with Crippen LogP contribution < -0.4 is 5.73 Å². The van der Waals surface area contributed by atoms with Crippen molar-refractivity contribution in [3.05, 3.63) is 0 Å². The smallest absolute Gasteiger partial charge is 0.0166 e. The summed E-state index contributed by atoms with van der Waals surface area (Å²) in [6.07, 6.45) is 7.67. The van der Waals surface area contributed by atoms with E-state index in [1.807, 2.05) is 0 Å². The molecule has 16 heavy (non-hydrogen) atoms. The maximum absolute atomic E-state index is 6.43. The highest BCUT2D eigenvalue weighted by Crippen LogP contribution is 2.28. The molecule has 3 nitrogen and oxygen atoms in total. The first-order valence-corrected chi connectivity index (χ1v) is 6.64. The largest absolute Gasteiger partial charge is 0.325 e. The van der Waals surface area contributed by atoms with Crippen LogP contribution in [0.15, 0.2) is 0 Å². The SMILES string of the molecule is CN(C)CCN(C)CCC1(N)CCCCC1. The molecule has 1 aliphatic carbocycles. The van der Waals surface area contributed by atoms with Gasteiger partial charge in [0.1, 0.15) is 0 Å². The van der Waals surface area contributed by atoms with Crippen molar-refractivity contribution in [1.82, 2.24) is 9.80 Å². The second-order valence-corrected chi connectivity index (χ2v) is 5.78. The Labute approximate surface area is 101 Å². The normalized spacial score (nSPS) is 20.6. The lowest BCUT2D eigenvalue weighted by atomic mass is 9.80. The van der Waals surface area contributed by atoms with Crippen LogP contribution in [0, 0.1) is 0 Å². The lowest BCUT2D eigenvalue weighted by Crippen LogP contribution is -2.44. The summed E-state index contributed by atoms with van der Waals surface area (Å²) in [5.41, 5.74) is 6.57. The predicted molar refractivity (Wildman–Crippen MR) is 70.7 cm³/mol. The highest BCUT2D eigenvalue weighted by atomic mass is 15.1. The molecule has 1 rings (SSSR count). The second kappa shape index (κ2) is 6.58. The summed E-state index contributed by atoms with van der Waals surface area (Å²) in [5.74, 6) is 0. The average Bonchev–Trinajstić information content (AvgIpc) is 2.25. The Morgan fingerprint density at radius 1 is 0.938 bits per heavy atom. The number of hydrogen-bond donors (Lipinski definition) is 1. The van der Waals surface area contributed by atoms with Gasteiger partial charge in [0.05, 0.1) is 0 Å². The van der Waals surface area contributed by atoms with E-state index in [0.717, 1.165) is 26.1 Å². The molecular formula is C13H29N3. The molecule has 96 valence electrons. The van der Waals surface area contributed by atoms with Crippen molar-refractivity contribution >= 4 is 0 Å². The van der Waals surface area contributed by atoms with Crippen molar-refractivity contribution in [1.29, 1.82) is 0 Å². The van der Waals surface area contributed by atoms with E-state index in [9.17, 15) is 0 Å². The molecule has 0 radical (unpaired) electrons. The fraction of sp³-hybridized carbons (Fsp3) is 1.00. The van der Waals surface area contributed by atoms with E-state index >= 15 is 0 Å². The van der Waals surface area contributed by atoms with Gasteiger partial charge in [-0.15, -0.1) is 0 Å². The number of rotatable bonds is 6. The molecule has 2 N–H and O–H groups in total. The summed E-state index contributed by atoms with van der Waals surface area (Å²) in [7, 11) is 6.45. The zero-order valence-electron chi connectivity index (χ0n) is 11.3. The Kier molecular flexibility index (Phi) is 5.73. The molecule has 0 bridgehead atoms. The Balaban J connectivity index is 2.17. The van der Waals surface area contributed by atoms with Gasteiger partial charge < -0.3 is 15.5 Å². The minimum atomic E-state index is 0.143. The molecule has 3 heteroatoms. The Morgan fingerprint density at radius 3 is 2.12 bits per heavy atom. The predicted octanol–water partition coefficient (Wildman–Crippen LogP) is 1.53. The summed E-state index contributed by atoms with van der Waals surface area (Å²) in [6, 6.07) is 0. The van der Waals surface area contributed by atoms with Crippen LogP contribution in [0.1, 0.15) is 38.5 Å². The summed E-state index contributed by atoms with van der Waals surface area (Å²) in [4.78, 5) is 4.64. The molecule has 0 heterocycles. The molecule has 0 aromatic carbocycles. The lowest BCUT2D eigenvalue weighted by Gasteiger charge is -2.35. The average molecular weight is 227 g/mol. The highest BCUT2D eigenvalue weighted by molar-refractivity contribution is 4.87. The van der Waals surface area contributed by atoms with E-state index in [1.165, 1.54) is 32.1 Å². The van der Waals surface area contributed by atoms with E-state index in [4.69, 9.17) is 5.73 Å².